The first-order chi connectivity index (χ1) is 10.9. The first-order valence-corrected chi connectivity index (χ1v) is 8.01. The molecule has 0 aliphatic rings. The van der Waals surface area contributed by atoms with Crippen LogP contribution in [0.3, 0.4) is 0 Å². The fourth-order valence-electron chi connectivity index (χ4n) is 2.09. The summed E-state index contributed by atoms with van der Waals surface area (Å²) in [5.41, 5.74) is 8.09. The molecule has 0 atom stereocenters. The standard InChI is InChI=1S/C17H26N6/c1-5-6-11-19-15-21-14(18)22-16(23-15)20-13-9-7-12(8-10-13)17(2,3)4/h7-10H,5-6,11H2,1-4H3,(H4,18,19,20,21,22,23). The molecule has 2 rings (SSSR count). The molecule has 4 N–H and O–H groups in total. The maximum Gasteiger partial charge on any atom is 0.233 e. The second-order valence-corrected chi connectivity index (χ2v) is 6.57. The smallest absolute Gasteiger partial charge is 0.233 e. The summed E-state index contributed by atoms with van der Waals surface area (Å²) in [5.74, 6) is 1.15. The van der Waals surface area contributed by atoms with Gasteiger partial charge in [-0.15, -0.1) is 0 Å². The highest BCUT2D eigenvalue weighted by Crippen LogP contribution is 2.24. The molecule has 124 valence electrons. The average molecular weight is 314 g/mol. The molecule has 0 radical (unpaired) electrons. The lowest BCUT2D eigenvalue weighted by Gasteiger charge is -2.19. The summed E-state index contributed by atoms with van der Waals surface area (Å²) >= 11 is 0. The van der Waals surface area contributed by atoms with Crippen LogP contribution in [0.4, 0.5) is 23.5 Å². The zero-order chi connectivity index (χ0) is 16.9. The largest absolute Gasteiger partial charge is 0.368 e. The van der Waals surface area contributed by atoms with E-state index in [2.05, 4.69) is 65.4 Å². The molecular weight excluding hydrogens is 288 g/mol. The van der Waals surface area contributed by atoms with Gasteiger partial charge in [0, 0.05) is 12.2 Å². The Morgan fingerprint density at radius 2 is 1.65 bits per heavy atom. The van der Waals surface area contributed by atoms with E-state index in [1.54, 1.807) is 0 Å². The number of hydrogen-bond donors (Lipinski definition) is 3. The Balaban J connectivity index is 2.10. The maximum atomic E-state index is 5.76. The van der Waals surface area contributed by atoms with Crippen LogP contribution in [-0.2, 0) is 5.41 Å². The van der Waals surface area contributed by atoms with Gasteiger partial charge in [0.25, 0.3) is 0 Å². The zero-order valence-corrected chi connectivity index (χ0v) is 14.3. The lowest BCUT2D eigenvalue weighted by Crippen LogP contribution is -2.11. The van der Waals surface area contributed by atoms with Crippen LogP contribution >= 0.6 is 0 Å². The van der Waals surface area contributed by atoms with E-state index in [4.69, 9.17) is 5.73 Å². The molecule has 0 bridgehead atoms. The van der Waals surface area contributed by atoms with E-state index in [1.807, 2.05) is 12.1 Å². The van der Waals surface area contributed by atoms with Crippen LogP contribution in [-0.4, -0.2) is 21.5 Å². The molecule has 0 saturated carbocycles. The molecule has 0 amide bonds. The van der Waals surface area contributed by atoms with Crippen molar-refractivity contribution in [1.82, 2.24) is 15.0 Å². The van der Waals surface area contributed by atoms with Crippen molar-refractivity contribution in [3.8, 4) is 0 Å². The molecule has 1 aromatic carbocycles. The molecule has 0 saturated heterocycles. The predicted octanol–water partition coefficient (Wildman–Crippen LogP) is 3.71. The Kier molecular flexibility index (Phi) is 5.36. The highest BCUT2D eigenvalue weighted by molar-refractivity contribution is 5.56. The van der Waals surface area contributed by atoms with E-state index in [0.29, 0.717) is 11.9 Å². The van der Waals surface area contributed by atoms with E-state index in [-0.39, 0.29) is 11.4 Å². The molecule has 6 nitrogen and oxygen atoms in total. The van der Waals surface area contributed by atoms with Crippen molar-refractivity contribution >= 4 is 23.5 Å². The number of nitrogens with two attached hydrogens (primary N) is 1. The fourth-order valence-corrected chi connectivity index (χ4v) is 2.09. The average Bonchev–Trinajstić information content (AvgIpc) is 2.46. The van der Waals surface area contributed by atoms with E-state index in [0.717, 1.165) is 25.1 Å². The van der Waals surface area contributed by atoms with Crippen LogP contribution in [0.25, 0.3) is 0 Å². The first-order valence-electron chi connectivity index (χ1n) is 8.01. The minimum atomic E-state index is 0.131. The first kappa shape index (κ1) is 17.0. The van der Waals surface area contributed by atoms with Crippen molar-refractivity contribution in [2.24, 2.45) is 0 Å². The lowest BCUT2D eigenvalue weighted by molar-refractivity contribution is 0.590. The van der Waals surface area contributed by atoms with Crippen LogP contribution in [0.2, 0.25) is 0 Å². The Morgan fingerprint density at radius 1 is 1.00 bits per heavy atom. The minimum Gasteiger partial charge on any atom is -0.368 e. The van der Waals surface area contributed by atoms with E-state index in [9.17, 15) is 0 Å². The monoisotopic (exact) mass is 314 g/mol. The summed E-state index contributed by atoms with van der Waals surface area (Å²) in [6.45, 7) is 9.53. The molecule has 0 aliphatic carbocycles. The fraction of sp³-hybridized carbons (Fsp3) is 0.471. The highest BCUT2D eigenvalue weighted by atomic mass is 15.2. The third kappa shape index (κ3) is 5.09. The predicted molar refractivity (Wildman–Crippen MR) is 96.1 cm³/mol. The van der Waals surface area contributed by atoms with Crippen LogP contribution in [0.5, 0.6) is 0 Å². The number of hydrogen-bond acceptors (Lipinski definition) is 6. The van der Waals surface area contributed by atoms with Gasteiger partial charge in [-0.2, -0.15) is 15.0 Å². The van der Waals surface area contributed by atoms with Gasteiger partial charge in [-0.3, -0.25) is 0 Å². The topological polar surface area (TPSA) is 88.8 Å². The van der Waals surface area contributed by atoms with Crippen molar-refractivity contribution in [3.05, 3.63) is 29.8 Å². The zero-order valence-electron chi connectivity index (χ0n) is 14.3. The lowest BCUT2D eigenvalue weighted by atomic mass is 9.87. The summed E-state index contributed by atoms with van der Waals surface area (Å²) in [7, 11) is 0. The van der Waals surface area contributed by atoms with Gasteiger partial charge in [0.05, 0.1) is 0 Å². The van der Waals surface area contributed by atoms with Gasteiger partial charge in [0.1, 0.15) is 0 Å². The van der Waals surface area contributed by atoms with Crippen LogP contribution in [0, 0.1) is 0 Å². The minimum absolute atomic E-state index is 0.131. The van der Waals surface area contributed by atoms with Gasteiger partial charge in [-0.05, 0) is 29.5 Å². The summed E-state index contributed by atoms with van der Waals surface area (Å²) in [4.78, 5) is 12.6. The number of aromatic nitrogens is 3. The molecule has 0 aliphatic heterocycles. The summed E-state index contributed by atoms with van der Waals surface area (Å²) in [6, 6.07) is 8.25. The van der Waals surface area contributed by atoms with Crippen molar-refractivity contribution < 1.29 is 0 Å². The molecular formula is C17H26N6. The number of anilines is 4. The Bertz CT molecular complexity index is 631. The van der Waals surface area contributed by atoms with Gasteiger partial charge < -0.3 is 16.4 Å². The van der Waals surface area contributed by atoms with Gasteiger partial charge in [0.15, 0.2) is 0 Å². The van der Waals surface area contributed by atoms with E-state index < -0.39 is 0 Å². The van der Waals surface area contributed by atoms with Gasteiger partial charge >= 0.3 is 0 Å². The number of rotatable bonds is 6. The Hall–Kier alpha value is -2.37. The second kappa shape index (κ2) is 7.26. The number of nitrogens with one attached hydrogen (secondary N) is 2. The van der Waals surface area contributed by atoms with Crippen molar-refractivity contribution in [1.29, 1.82) is 0 Å². The maximum absolute atomic E-state index is 5.76. The summed E-state index contributed by atoms with van der Waals surface area (Å²) < 4.78 is 0. The Morgan fingerprint density at radius 3 is 2.26 bits per heavy atom. The molecule has 0 unspecified atom stereocenters. The number of benzene rings is 1. The SMILES string of the molecule is CCCCNc1nc(N)nc(Nc2ccc(C(C)(C)C)cc2)n1. The summed E-state index contributed by atoms with van der Waals surface area (Å²) in [6.07, 6.45) is 2.17. The molecule has 6 heteroatoms. The Labute approximate surface area is 138 Å². The normalized spacial score (nSPS) is 11.3. The molecule has 1 aromatic heterocycles. The van der Waals surface area contributed by atoms with Gasteiger partial charge in [-0.1, -0.05) is 46.2 Å². The van der Waals surface area contributed by atoms with Gasteiger partial charge in [0.2, 0.25) is 17.8 Å². The van der Waals surface area contributed by atoms with Crippen LogP contribution < -0.4 is 16.4 Å². The molecule has 0 fully saturated rings. The molecule has 0 spiro atoms. The van der Waals surface area contributed by atoms with Gasteiger partial charge in [-0.25, -0.2) is 0 Å². The summed E-state index contributed by atoms with van der Waals surface area (Å²) in [5, 5.41) is 6.33. The number of unbranched alkanes of at least 4 members (excludes halogenated alkanes) is 1. The highest BCUT2D eigenvalue weighted by Gasteiger charge is 2.13. The third-order valence-electron chi connectivity index (χ3n) is 3.47. The quantitative estimate of drug-likeness (QED) is 0.704. The molecule has 1 heterocycles. The molecule has 2 aromatic rings. The molecule has 23 heavy (non-hydrogen) atoms. The number of nitrogen functional groups attached to an aromatic ring is 1. The van der Waals surface area contributed by atoms with Crippen LogP contribution in [0.1, 0.15) is 46.1 Å². The van der Waals surface area contributed by atoms with Crippen molar-refractivity contribution in [2.75, 3.05) is 22.9 Å². The van der Waals surface area contributed by atoms with E-state index in [1.165, 1.54) is 5.56 Å². The second-order valence-electron chi connectivity index (χ2n) is 6.57. The number of nitrogens with zero attached hydrogens (tertiary/aromatic N) is 3. The van der Waals surface area contributed by atoms with Crippen molar-refractivity contribution in [3.63, 3.8) is 0 Å². The third-order valence-corrected chi connectivity index (χ3v) is 3.47. The van der Waals surface area contributed by atoms with E-state index >= 15 is 0 Å². The van der Waals surface area contributed by atoms with Crippen LogP contribution in [0.15, 0.2) is 24.3 Å². The van der Waals surface area contributed by atoms with Crippen molar-refractivity contribution in [2.45, 2.75) is 46.0 Å².